The molecule has 9 heteroatoms. The Labute approximate surface area is 226 Å². The molecule has 1 atom stereocenters. The molecule has 2 aromatic carbocycles. The lowest BCUT2D eigenvalue weighted by Crippen LogP contribution is -2.24. The number of carbonyl (C=O) groups excluding carboxylic acids is 1. The molecule has 1 aliphatic rings. The second-order valence-corrected chi connectivity index (χ2v) is 11.9. The number of halogens is 1. The minimum atomic E-state index is -0.260. The van der Waals surface area contributed by atoms with Gasteiger partial charge >= 0.3 is 0 Å². The first-order chi connectivity index (χ1) is 17.4. The number of para-hydroxylation sites is 1. The maximum Gasteiger partial charge on any atom is 0.267 e. The monoisotopic (exact) mass is 580 g/mol. The summed E-state index contributed by atoms with van der Waals surface area (Å²) in [5.74, 6) is 0.440. The van der Waals surface area contributed by atoms with E-state index in [9.17, 15) is 9.59 Å². The molecule has 2 aromatic heterocycles. The Morgan fingerprint density at radius 3 is 2.72 bits per heavy atom. The first kappa shape index (κ1) is 24.9. The van der Waals surface area contributed by atoms with Crippen LogP contribution in [0.25, 0.3) is 15.9 Å². The summed E-state index contributed by atoms with van der Waals surface area (Å²) in [5, 5.41) is 5.48. The number of hydrazone groups is 1. The first-order valence-electron chi connectivity index (χ1n) is 11.8. The van der Waals surface area contributed by atoms with Gasteiger partial charge in [-0.25, -0.2) is 10.4 Å². The summed E-state index contributed by atoms with van der Waals surface area (Å²) in [6.45, 7) is 4.10. The van der Waals surface area contributed by atoms with Crippen LogP contribution in [0.5, 0.6) is 0 Å². The first-order valence-corrected chi connectivity index (χ1v) is 14.3. The molecule has 1 unspecified atom stereocenters. The third-order valence-electron chi connectivity index (χ3n) is 6.26. The number of benzene rings is 2. The number of amides is 1. The van der Waals surface area contributed by atoms with Crippen molar-refractivity contribution in [1.29, 1.82) is 0 Å². The van der Waals surface area contributed by atoms with Gasteiger partial charge in [0.15, 0.2) is 5.16 Å². The number of hydrogen-bond donors (Lipinski definition) is 1. The second-order valence-electron chi connectivity index (χ2n) is 8.93. The number of aromatic nitrogens is 2. The number of aryl methyl sites for hydroxylation is 1. The quantitative estimate of drug-likeness (QED) is 0.132. The average Bonchev–Trinajstić information content (AvgIpc) is 3.24. The molecule has 0 bridgehead atoms. The lowest BCUT2D eigenvalue weighted by Gasteiger charge is -2.17. The van der Waals surface area contributed by atoms with Crippen molar-refractivity contribution >= 4 is 60.9 Å². The highest BCUT2D eigenvalue weighted by atomic mass is 79.9. The van der Waals surface area contributed by atoms with Crippen molar-refractivity contribution in [2.75, 3.05) is 5.75 Å². The van der Waals surface area contributed by atoms with E-state index < -0.39 is 0 Å². The van der Waals surface area contributed by atoms with Crippen LogP contribution in [0, 0.1) is 5.92 Å². The molecule has 1 N–H and O–H groups in total. The van der Waals surface area contributed by atoms with Crippen molar-refractivity contribution in [1.82, 2.24) is 15.0 Å². The summed E-state index contributed by atoms with van der Waals surface area (Å²) in [6.07, 6.45) is 2.98. The summed E-state index contributed by atoms with van der Waals surface area (Å²) in [6, 6.07) is 17.2. The Bertz CT molecular complexity index is 1510. The third kappa shape index (κ3) is 5.19. The van der Waals surface area contributed by atoms with Crippen LogP contribution in [0.4, 0.5) is 0 Å². The number of rotatable bonds is 6. The third-order valence-corrected chi connectivity index (χ3v) is 8.87. The van der Waals surface area contributed by atoms with Gasteiger partial charge in [-0.1, -0.05) is 64.9 Å². The highest BCUT2D eigenvalue weighted by Gasteiger charge is 2.25. The van der Waals surface area contributed by atoms with Crippen LogP contribution >= 0.6 is 39.0 Å². The molecule has 0 saturated heterocycles. The van der Waals surface area contributed by atoms with E-state index >= 15 is 0 Å². The Morgan fingerprint density at radius 1 is 1.22 bits per heavy atom. The fraction of sp³-hybridized carbons (Fsp3) is 0.259. The largest absolute Gasteiger partial charge is 0.272 e. The number of thioether (sulfide) groups is 1. The molecule has 2 heterocycles. The molecule has 1 amide bonds. The van der Waals surface area contributed by atoms with E-state index in [1.165, 1.54) is 16.6 Å². The molecule has 5 rings (SSSR count). The van der Waals surface area contributed by atoms with Crippen molar-refractivity contribution in [3.8, 4) is 5.69 Å². The Balaban J connectivity index is 1.43. The number of nitrogens with zero attached hydrogens (tertiary/aromatic N) is 3. The van der Waals surface area contributed by atoms with E-state index in [1.54, 1.807) is 15.9 Å². The van der Waals surface area contributed by atoms with Gasteiger partial charge in [-0.15, -0.1) is 11.3 Å². The molecule has 6 nitrogen and oxygen atoms in total. The van der Waals surface area contributed by atoms with E-state index in [2.05, 4.69) is 33.4 Å². The van der Waals surface area contributed by atoms with Crippen molar-refractivity contribution in [3.05, 3.63) is 85.4 Å². The van der Waals surface area contributed by atoms with Gasteiger partial charge in [0, 0.05) is 9.35 Å². The molecular formula is C27H25BrN4O2S2. The second kappa shape index (κ2) is 10.7. The van der Waals surface area contributed by atoms with Crippen LogP contribution in [0.2, 0.25) is 0 Å². The van der Waals surface area contributed by atoms with Gasteiger partial charge in [0.25, 0.3) is 11.5 Å². The van der Waals surface area contributed by atoms with Gasteiger partial charge in [-0.05, 0) is 67.5 Å². The van der Waals surface area contributed by atoms with Crippen molar-refractivity contribution in [2.45, 2.75) is 38.3 Å². The minimum absolute atomic E-state index is 0.0646. The smallest absolute Gasteiger partial charge is 0.267 e. The summed E-state index contributed by atoms with van der Waals surface area (Å²) < 4.78 is 2.62. The predicted molar refractivity (Wildman–Crippen MR) is 152 cm³/mol. The standard InChI is InChI=1S/C27H25BrN4O2S2/c1-16-8-13-21-22(14-16)36-25-24(21)26(34)32(20-6-4-3-5-7-20)27(29-25)35-15-23(33)31-30-17(2)18-9-11-19(28)12-10-18/h3-7,9-12,16H,8,13-15H2,1-2H3,(H,31,33)/b30-17+. The zero-order valence-electron chi connectivity index (χ0n) is 20.0. The molecule has 0 fully saturated rings. The van der Waals surface area contributed by atoms with Crippen molar-refractivity contribution < 1.29 is 4.79 Å². The fourth-order valence-electron chi connectivity index (χ4n) is 4.34. The number of carbonyl (C=O) groups is 1. The molecule has 36 heavy (non-hydrogen) atoms. The SMILES string of the molecule is C/C(=N\NC(=O)CSc1nc2sc3c(c2c(=O)n1-c1ccccc1)CCC(C)C3)c1ccc(Br)cc1. The van der Waals surface area contributed by atoms with E-state index in [-0.39, 0.29) is 17.2 Å². The number of nitrogens with one attached hydrogen (secondary N) is 1. The maximum absolute atomic E-state index is 13.8. The average molecular weight is 582 g/mol. The molecule has 184 valence electrons. The van der Waals surface area contributed by atoms with E-state index in [0.717, 1.165) is 50.8 Å². The number of thiophene rings is 1. The fourth-order valence-corrected chi connectivity index (χ4v) is 6.83. The van der Waals surface area contributed by atoms with Gasteiger partial charge in [0.2, 0.25) is 0 Å². The minimum Gasteiger partial charge on any atom is -0.272 e. The lowest BCUT2D eigenvalue weighted by atomic mass is 9.89. The lowest BCUT2D eigenvalue weighted by molar-refractivity contribution is -0.118. The summed E-state index contributed by atoms with van der Waals surface area (Å²) in [7, 11) is 0. The van der Waals surface area contributed by atoms with Crippen molar-refractivity contribution in [3.63, 3.8) is 0 Å². The normalized spacial score (nSPS) is 15.6. The molecule has 1 aliphatic carbocycles. The summed E-state index contributed by atoms with van der Waals surface area (Å²) in [5.41, 5.74) is 6.09. The van der Waals surface area contributed by atoms with Crippen molar-refractivity contribution in [2.24, 2.45) is 11.0 Å². The van der Waals surface area contributed by atoms with Crippen LogP contribution < -0.4 is 11.0 Å². The number of fused-ring (bicyclic) bond motifs is 3. The molecule has 4 aromatic rings. The van der Waals surface area contributed by atoms with Gasteiger partial charge in [-0.3, -0.25) is 14.2 Å². The van der Waals surface area contributed by atoms with Gasteiger partial charge in [-0.2, -0.15) is 5.10 Å². The van der Waals surface area contributed by atoms with Gasteiger partial charge in [0.1, 0.15) is 4.83 Å². The summed E-state index contributed by atoms with van der Waals surface area (Å²) >= 11 is 6.28. The molecule has 0 radical (unpaired) electrons. The number of hydrogen-bond acceptors (Lipinski definition) is 6. The van der Waals surface area contributed by atoms with Crippen LogP contribution in [0.15, 0.2) is 74.1 Å². The van der Waals surface area contributed by atoms with E-state index in [4.69, 9.17) is 4.98 Å². The Morgan fingerprint density at radius 2 is 1.97 bits per heavy atom. The molecule has 0 aliphatic heterocycles. The van der Waals surface area contributed by atoms with Crippen LogP contribution in [-0.2, 0) is 17.6 Å². The zero-order chi connectivity index (χ0) is 25.2. The zero-order valence-corrected chi connectivity index (χ0v) is 23.2. The van der Waals surface area contributed by atoms with Crippen LogP contribution in [-0.4, -0.2) is 26.9 Å². The highest BCUT2D eigenvalue weighted by Crippen LogP contribution is 2.37. The predicted octanol–water partition coefficient (Wildman–Crippen LogP) is 5.97. The van der Waals surface area contributed by atoms with E-state index in [1.807, 2.05) is 61.5 Å². The molecule has 0 spiro atoms. The molecular weight excluding hydrogens is 556 g/mol. The van der Waals surface area contributed by atoms with Crippen LogP contribution in [0.1, 0.15) is 36.3 Å². The molecule has 0 saturated carbocycles. The maximum atomic E-state index is 13.8. The van der Waals surface area contributed by atoms with E-state index in [0.29, 0.717) is 16.8 Å². The van der Waals surface area contributed by atoms with Crippen LogP contribution in [0.3, 0.4) is 0 Å². The summed E-state index contributed by atoms with van der Waals surface area (Å²) in [4.78, 5) is 33.4. The van der Waals surface area contributed by atoms with Gasteiger partial charge < -0.3 is 0 Å². The van der Waals surface area contributed by atoms with Gasteiger partial charge in [0.05, 0.1) is 22.5 Å². The Kier molecular flexibility index (Phi) is 7.41. The Hall–Kier alpha value is -2.75. The highest BCUT2D eigenvalue weighted by molar-refractivity contribution is 9.10. The topological polar surface area (TPSA) is 76.3 Å².